The summed E-state index contributed by atoms with van der Waals surface area (Å²) in [6, 6.07) is 11.0. The summed E-state index contributed by atoms with van der Waals surface area (Å²) in [5, 5.41) is 3.33. The van der Waals surface area contributed by atoms with Gasteiger partial charge in [-0.15, -0.1) is 0 Å². The fourth-order valence-corrected chi connectivity index (χ4v) is 3.69. The van der Waals surface area contributed by atoms with E-state index in [-0.39, 0.29) is 11.5 Å². The Morgan fingerprint density at radius 1 is 1.10 bits per heavy atom. The second kappa shape index (κ2) is 8.14. The molecule has 0 aliphatic carbocycles. The highest BCUT2D eigenvalue weighted by Gasteiger charge is 2.18. The lowest BCUT2D eigenvalue weighted by molar-refractivity contribution is 0.0946. The highest BCUT2D eigenvalue weighted by atomic mass is 16.5. The van der Waals surface area contributed by atoms with Crippen LogP contribution in [0.2, 0.25) is 0 Å². The number of carbonyl (C=O) groups excluding carboxylic acids is 1. The Hall–Kier alpha value is -3.81. The number of aryl methyl sites for hydroxylation is 2. The van der Waals surface area contributed by atoms with E-state index in [2.05, 4.69) is 10.3 Å². The molecule has 1 amide bonds. The van der Waals surface area contributed by atoms with E-state index >= 15 is 0 Å². The van der Waals surface area contributed by atoms with Gasteiger partial charge in [0.1, 0.15) is 17.0 Å². The fourth-order valence-electron chi connectivity index (χ4n) is 3.69. The second-order valence-electron chi connectivity index (χ2n) is 7.32. The van der Waals surface area contributed by atoms with Crippen molar-refractivity contribution in [2.24, 2.45) is 7.05 Å². The van der Waals surface area contributed by atoms with Crippen molar-refractivity contribution in [3.05, 3.63) is 69.8 Å². The molecule has 4 aromatic rings. The van der Waals surface area contributed by atoms with Crippen molar-refractivity contribution >= 4 is 22.6 Å². The van der Waals surface area contributed by atoms with Gasteiger partial charge >= 0.3 is 0 Å². The molecule has 0 saturated heterocycles. The van der Waals surface area contributed by atoms with Gasteiger partial charge in [0.25, 0.3) is 11.5 Å². The van der Waals surface area contributed by atoms with Crippen LogP contribution >= 0.6 is 0 Å². The molecule has 1 N–H and O–H groups in total. The van der Waals surface area contributed by atoms with Gasteiger partial charge in [0.2, 0.25) is 0 Å². The molecular formula is C23H24N4O4. The molecule has 0 fully saturated rings. The number of amides is 1. The fraction of sp³-hybridized carbons (Fsp3) is 0.261. The Bertz CT molecular complexity index is 1350. The van der Waals surface area contributed by atoms with Crippen LogP contribution < -0.4 is 20.3 Å². The molecule has 160 valence electrons. The molecule has 0 unspecified atom stereocenters. The molecule has 0 saturated carbocycles. The Balaban J connectivity index is 1.56. The Labute approximate surface area is 179 Å². The Morgan fingerprint density at radius 3 is 2.61 bits per heavy atom. The van der Waals surface area contributed by atoms with Crippen LogP contribution in [0.1, 0.15) is 21.6 Å². The highest BCUT2D eigenvalue weighted by Crippen LogP contribution is 2.27. The minimum atomic E-state index is -0.258. The lowest BCUT2D eigenvalue weighted by atomic mass is 10.1. The molecule has 0 radical (unpaired) electrons. The molecular weight excluding hydrogens is 396 g/mol. The number of aromatic nitrogens is 3. The Morgan fingerprint density at radius 2 is 1.87 bits per heavy atom. The van der Waals surface area contributed by atoms with Crippen molar-refractivity contribution in [2.75, 3.05) is 20.8 Å². The SMILES string of the molecule is COc1ccc(CCNC(=O)c2cc3c(=O)n4cccc(C)c4nc3n2C)cc1OC. The number of fused-ring (bicyclic) bond motifs is 2. The van der Waals surface area contributed by atoms with Gasteiger partial charge in [-0.25, -0.2) is 4.98 Å². The topological polar surface area (TPSA) is 86.9 Å². The van der Waals surface area contributed by atoms with E-state index < -0.39 is 0 Å². The molecule has 4 rings (SSSR count). The van der Waals surface area contributed by atoms with Crippen LogP contribution in [0.3, 0.4) is 0 Å². The maximum Gasteiger partial charge on any atom is 0.267 e. The molecule has 0 aliphatic rings. The van der Waals surface area contributed by atoms with E-state index in [1.807, 2.05) is 37.3 Å². The van der Waals surface area contributed by atoms with Crippen LogP contribution in [0, 0.1) is 6.92 Å². The van der Waals surface area contributed by atoms with E-state index in [4.69, 9.17) is 9.47 Å². The van der Waals surface area contributed by atoms with Crippen LogP contribution in [0.4, 0.5) is 0 Å². The predicted octanol–water partition coefficient (Wildman–Crippen LogP) is 2.48. The van der Waals surface area contributed by atoms with Crippen LogP contribution in [-0.4, -0.2) is 40.6 Å². The standard InChI is InChI=1S/C23H24N4O4/c1-14-6-5-11-27-20(14)25-21-16(23(27)29)13-17(26(21)2)22(28)24-10-9-15-7-8-18(30-3)19(12-15)31-4/h5-8,11-13H,9-10H2,1-4H3,(H,24,28). The van der Waals surface area contributed by atoms with E-state index in [1.54, 1.807) is 38.1 Å². The molecule has 0 spiro atoms. The zero-order valence-electron chi connectivity index (χ0n) is 17.9. The summed E-state index contributed by atoms with van der Waals surface area (Å²) in [6.45, 7) is 2.33. The predicted molar refractivity (Wildman–Crippen MR) is 118 cm³/mol. The van der Waals surface area contributed by atoms with E-state index in [0.717, 1.165) is 11.1 Å². The van der Waals surface area contributed by atoms with Crippen LogP contribution in [0.15, 0.2) is 47.4 Å². The van der Waals surface area contributed by atoms with Crippen molar-refractivity contribution in [1.29, 1.82) is 0 Å². The minimum absolute atomic E-state index is 0.191. The first-order valence-electron chi connectivity index (χ1n) is 9.91. The number of methoxy groups -OCH3 is 2. The maximum atomic E-state index is 12.9. The summed E-state index contributed by atoms with van der Waals surface area (Å²) in [5.41, 5.74) is 3.18. The lowest BCUT2D eigenvalue weighted by Crippen LogP contribution is -2.27. The van der Waals surface area contributed by atoms with Gasteiger partial charge < -0.3 is 19.4 Å². The van der Waals surface area contributed by atoms with Gasteiger partial charge in [0, 0.05) is 19.8 Å². The molecule has 0 bridgehead atoms. The van der Waals surface area contributed by atoms with Crippen LogP contribution in [-0.2, 0) is 13.5 Å². The number of hydrogen-bond donors (Lipinski definition) is 1. The number of carbonyl (C=O) groups is 1. The number of hydrogen-bond acceptors (Lipinski definition) is 5. The third-order valence-electron chi connectivity index (χ3n) is 5.40. The van der Waals surface area contributed by atoms with Crippen molar-refractivity contribution in [3.8, 4) is 11.5 Å². The minimum Gasteiger partial charge on any atom is -0.493 e. The average Bonchev–Trinajstić information content (AvgIpc) is 3.11. The molecule has 3 heterocycles. The Kier molecular flexibility index (Phi) is 5.37. The summed E-state index contributed by atoms with van der Waals surface area (Å²) >= 11 is 0. The molecule has 8 heteroatoms. The molecule has 31 heavy (non-hydrogen) atoms. The zero-order chi connectivity index (χ0) is 22.1. The first-order valence-corrected chi connectivity index (χ1v) is 9.91. The molecule has 1 aromatic carbocycles. The van der Waals surface area contributed by atoms with E-state index in [1.165, 1.54) is 4.40 Å². The van der Waals surface area contributed by atoms with Crippen molar-refractivity contribution in [3.63, 3.8) is 0 Å². The number of nitrogens with one attached hydrogen (secondary N) is 1. The van der Waals surface area contributed by atoms with Crippen LogP contribution in [0.25, 0.3) is 16.7 Å². The van der Waals surface area contributed by atoms with Gasteiger partial charge in [0.05, 0.1) is 19.6 Å². The third kappa shape index (κ3) is 3.61. The van der Waals surface area contributed by atoms with Crippen molar-refractivity contribution in [1.82, 2.24) is 19.3 Å². The molecule has 3 aromatic heterocycles. The van der Waals surface area contributed by atoms with Crippen LogP contribution in [0.5, 0.6) is 11.5 Å². The largest absolute Gasteiger partial charge is 0.493 e. The highest BCUT2D eigenvalue weighted by molar-refractivity contribution is 5.98. The number of ether oxygens (including phenoxy) is 2. The first kappa shape index (κ1) is 20.5. The summed E-state index contributed by atoms with van der Waals surface area (Å²) in [5.74, 6) is 1.05. The zero-order valence-corrected chi connectivity index (χ0v) is 17.9. The second-order valence-corrected chi connectivity index (χ2v) is 7.32. The molecule has 0 atom stereocenters. The van der Waals surface area contributed by atoms with Gasteiger partial charge in [0.15, 0.2) is 11.5 Å². The maximum absolute atomic E-state index is 12.9. The average molecular weight is 420 g/mol. The summed E-state index contributed by atoms with van der Waals surface area (Å²) < 4.78 is 13.7. The molecule has 8 nitrogen and oxygen atoms in total. The summed E-state index contributed by atoms with van der Waals surface area (Å²) in [6.07, 6.45) is 2.31. The first-order chi connectivity index (χ1) is 14.9. The van der Waals surface area contributed by atoms with Gasteiger partial charge in [-0.2, -0.15) is 0 Å². The molecule has 0 aliphatic heterocycles. The van der Waals surface area contributed by atoms with Crippen molar-refractivity contribution < 1.29 is 14.3 Å². The third-order valence-corrected chi connectivity index (χ3v) is 5.40. The summed E-state index contributed by atoms with van der Waals surface area (Å²) in [4.78, 5) is 30.3. The van der Waals surface area contributed by atoms with E-state index in [9.17, 15) is 9.59 Å². The van der Waals surface area contributed by atoms with Gasteiger partial charge in [-0.05, 0) is 48.7 Å². The monoisotopic (exact) mass is 420 g/mol. The van der Waals surface area contributed by atoms with Crippen molar-refractivity contribution in [2.45, 2.75) is 13.3 Å². The van der Waals surface area contributed by atoms with Gasteiger partial charge in [-0.3, -0.25) is 14.0 Å². The van der Waals surface area contributed by atoms with E-state index in [0.29, 0.717) is 46.8 Å². The van der Waals surface area contributed by atoms with Gasteiger partial charge in [-0.1, -0.05) is 12.1 Å². The quantitative estimate of drug-likeness (QED) is 0.518. The smallest absolute Gasteiger partial charge is 0.267 e. The lowest BCUT2D eigenvalue weighted by Gasteiger charge is -2.10. The summed E-state index contributed by atoms with van der Waals surface area (Å²) in [7, 11) is 4.92. The normalized spacial score (nSPS) is 11.1. The number of pyridine rings is 1. The number of nitrogens with zero attached hydrogens (tertiary/aromatic N) is 3. The number of rotatable bonds is 6. The number of benzene rings is 1.